The van der Waals surface area contributed by atoms with E-state index in [-0.39, 0.29) is 5.83 Å². The van der Waals surface area contributed by atoms with Gasteiger partial charge < -0.3 is 4.90 Å². The van der Waals surface area contributed by atoms with Crippen molar-refractivity contribution in [2.24, 2.45) is 0 Å². The number of likely N-dealkylation sites (N-methyl/N-ethyl adjacent to an activating group) is 1. The minimum Gasteiger partial charge on any atom is -0.374 e. The molecule has 0 bridgehead atoms. The molecule has 0 saturated carbocycles. The summed E-state index contributed by atoms with van der Waals surface area (Å²) >= 11 is 0. The van der Waals surface area contributed by atoms with E-state index >= 15 is 0 Å². The molecule has 1 aliphatic heterocycles. The van der Waals surface area contributed by atoms with E-state index in [0.29, 0.717) is 0 Å². The van der Waals surface area contributed by atoms with E-state index < -0.39 is 0 Å². The molecule has 0 aliphatic carbocycles. The van der Waals surface area contributed by atoms with Gasteiger partial charge in [0.25, 0.3) is 0 Å². The fourth-order valence-electron chi connectivity index (χ4n) is 0.638. The average molecular weight is 143 g/mol. The summed E-state index contributed by atoms with van der Waals surface area (Å²) < 4.78 is 12.2. The highest BCUT2D eigenvalue weighted by Gasteiger charge is 1.96. The molecular weight excluding hydrogens is 129 g/mol. The minimum absolute atomic E-state index is 0.168. The van der Waals surface area contributed by atoms with E-state index in [9.17, 15) is 4.39 Å². The smallest absolute Gasteiger partial charge is 0.138 e. The molecule has 0 fully saturated rings. The highest BCUT2D eigenvalue weighted by atomic mass is 19.1. The molecule has 0 aromatic rings. The third kappa shape index (κ3) is 3.28. The van der Waals surface area contributed by atoms with E-state index in [1.54, 1.807) is 11.0 Å². The van der Waals surface area contributed by atoms with Crippen molar-refractivity contribution in [2.75, 3.05) is 13.6 Å². The van der Waals surface area contributed by atoms with Gasteiger partial charge in [-0.2, -0.15) is 0 Å². The van der Waals surface area contributed by atoms with Crippen LogP contribution in [0.4, 0.5) is 4.39 Å². The molecule has 1 heterocycles. The maximum atomic E-state index is 12.2. The molecule has 58 valence electrons. The van der Waals surface area contributed by atoms with Gasteiger partial charge in [0.1, 0.15) is 5.83 Å². The molecule has 10 heavy (non-hydrogen) atoms. The Bertz CT molecular complexity index is 138. The number of halogens is 1. The quantitative estimate of drug-likeness (QED) is 0.503. The molecule has 0 aromatic carbocycles. The molecule has 0 N–H and O–H groups in total. The normalized spacial score (nSPS) is 15.6. The van der Waals surface area contributed by atoms with Crippen LogP contribution in [0.2, 0.25) is 0 Å². The van der Waals surface area contributed by atoms with Gasteiger partial charge in [0.15, 0.2) is 0 Å². The first-order valence-electron chi connectivity index (χ1n) is 3.53. The highest BCUT2D eigenvalue weighted by molar-refractivity contribution is 5.14. The molecule has 1 nitrogen and oxygen atoms in total. The number of hydrogen-bond donors (Lipinski definition) is 0. The average Bonchev–Trinajstić information content (AvgIpc) is 1.91. The standard InChI is InChI=1S/C6H8FN.C2H6/c1-8-4-2-3-6(7)5-8;1-2/h2-3,5H,4H2,1H3;1-2H3. The second-order valence-electron chi connectivity index (χ2n) is 1.86. The number of rotatable bonds is 0. The van der Waals surface area contributed by atoms with E-state index in [4.69, 9.17) is 0 Å². The highest BCUT2D eigenvalue weighted by Crippen LogP contribution is 2.04. The molecule has 1 rings (SSSR count). The second-order valence-corrected chi connectivity index (χ2v) is 1.86. The topological polar surface area (TPSA) is 3.24 Å². The van der Waals surface area contributed by atoms with Gasteiger partial charge >= 0.3 is 0 Å². The van der Waals surface area contributed by atoms with Crippen molar-refractivity contribution in [3.8, 4) is 0 Å². The Morgan fingerprint density at radius 2 is 2.10 bits per heavy atom. The summed E-state index contributed by atoms with van der Waals surface area (Å²) in [6, 6.07) is 0. The predicted octanol–water partition coefficient (Wildman–Crippen LogP) is 2.33. The van der Waals surface area contributed by atoms with Gasteiger partial charge in [0, 0.05) is 19.8 Å². The van der Waals surface area contributed by atoms with Crippen molar-refractivity contribution in [1.82, 2.24) is 4.90 Å². The number of nitrogens with zero attached hydrogens (tertiary/aromatic N) is 1. The maximum absolute atomic E-state index is 12.2. The van der Waals surface area contributed by atoms with E-state index in [0.717, 1.165) is 6.54 Å². The summed E-state index contributed by atoms with van der Waals surface area (Å²) in [7, 11) is 1.84. The Morgan fingerprint density at radius 3 is 2.40 bits per heavy atom. The Kier molecular flexibility index (Phi) is 4.63. The fraction of sp³-hybridized carbons (Fsp3) is 0.500. The second kappa shape index (κ2) is 5.03. The molecule has 0 amide bonds. The number of allylic oxidation sites excluding steroid dienone is 2. The molecule has 0 aromatic heterocycles. The maximum Gasteiger partial charge on any atom is 0.138 e. The Morgan fingerprint density at radius 1 is 1.50 bits per heavy atom. The molecule has 1 aliphatic rings. The van der Waals surface area contributed by atoms with Crippen LogP contribution in [0.1, 0.15) is 13.8 Å². The SMILES string of the molecule is CC.CN1C=C(F)C=CC1. The van der Waals surface area contributed by atoms with Gasteiger partial charge in [0.05, 0.1) is 0 Å². The zero-order chi connectivity index (χ0) is 7.98. The third-order valence-corrected chi connectivity index (χ3v) is 1.01. The predicted molar refractivity (Wildman–Crippen MR) is 42.3 cm³/mol. The number of hydrogen-bond acceptors (Lipinski definition) is 1. The Labute approximate surface area is 61.8 Å². The summed E-state index contributed by atoms with van der Waals surface area (Å²) in [6.45, 7) is 4.81. The van der Waals surface area contributed by atoms with Gasteiger partial charge in [-0.3, -0.25) is 0 Å². The first-order valence-corrected chi connectivity index (χ1v) is 3.53. The van der Waals surface area contributed by atoms with Crippen molar-refractivity contribution in [2.45, 2.75) is 13.8 Å². The first kappa shape index (κ1) is 9.21. The lowest BCUT2D eigenvalue weighted by molar-refractivity contribution is 0.475. The summed E-state index contributed by atoms with van der Waals surface area (Å²) in [5.41, 5.74) is 0. The molecular formula is C8H14FN. The van der Waals surface area contributed by atoms with Crippen LogP contribution in [-0.2, 0) is 0 Å². The van der Waals surface area contributed by atoms with Gasteiger partial charge in [-0.05, 0) is 6.08 Å². The van der Waals surface area contributed by atoms with Crippen molar-refractivity contribution < 1.29 is 4.39 Å². The van der Waals surface area contributed by atoms with Gasteiger partial charge in [-0.25, -0.2) is 4.39 Å². The van der Waals surface area contributed by atoms with Crippen molar-refractivity contribution in [1.29, 1.82) is 0 Å². The lowest BCUT2D eigenvalue weighted by Crippen LogP contribution is -2.12. The minimum atomic E-state index is -0.168. The Hall–Kier alpha value is -0.790. The zero-order valence-electron chi connectivity index (χ0n) is 6.76. The van der Waals surface area contributed by atoms with E-state index in [1.165, 1.54) is 12.3 Å². The van der Waals surface area contributed by atoms with Crippen molar-refractivity contribution >= 4 is 0 Å². The summed E-state index contributed by atoms with van der Waals surface area (Å²) in [6.07, 6.45) is 4.73. The van der Waals surface area contributed by atoms with Crippen LogP contribution in [0.25, 0.3) is 0 Å². The van der Waals surface area contributed by atoms with Crippen LogP contribution in [0.15, 0.2) is 24.2 Å². The zero-order valence-corrected chi connectivity index (χ0v) is 6.76. The monoisotopic (exact) mass is 143 g/mol. The van der Waals surface area contributed by atoms with Crippen LogP contribution in [0, 0.1) is 0 Å². The van der Waals surface area contributed by atoms with Crippen LogP contribution >= 0.6 is 0 Å². The molecule has 0 unspecified atom stereocenters. The lowest BCUT2D eigenvalue weighted by atomic mass is 10.3. The van der Waals surface area contributed by atoms with Crippen LogP contribution in [-0.4, -0.2) is 18.5 Å². The van der Waals surface area contributed by atoms with E-state index in [1.807, 2.05) is 20.9 Å². The Balaban J connectivity index is 0.000000371. The lowest BCUT2D eigenvalue weighted by Gasteiger charge is -2.13. The molecule has 0 saturated heterocycles. The third-order valence-electron chi connectivity index (χ3n) is 1.01. The van der Waals surface area contributed by atoms with E-state index in [2.05, 4.69) is 0 Å². The first-order chi connectivity index (χ1) is 4.79. The summed E-state index contributed by atoms with van der Waals surface area (Å²) in [4.78, 5) is 1.79. The van der Waals surface area contributed by atoms with Gasteiger partial charge in [-0.1, -0.05) is 19.9 Å². The molecule has 0 spiro atoms. The largest absolute Gasteiger partial charge is 0.374 e. The molecule has 0 radical (unpaired) electrons. The summed E-state index contributed by atoms with van der Waals surface area (Å²) in [5, 5.41) is 0. The van der Waals surface area contributed by atoms with Crippen LogP contribution < -0.4 is 0 Å². The van der Waals surface area contributed by atoms with Crippen LogP contribution in [0.5, 0.6) is 0 Å². The van der Waals surface area contributed by atoms with Crippen LogP contribution in [0.3, 0.4) is 0 Å². The molecule has 0 atom stereocenters. The van der Waals surface area contributed by atoms with Gasteiger partial charge in [0.2, 0.25) is 0 Å². The summed E-state index contributed by atoms with van der Waals surface area (Å²) in [5.74, 6) is -0.168. The van der Waals surface area contributed by atoms with Crippen molar-refractivity contribution in [3.05, 3.63) is 24.2 Å². The van der Waals surface area contributed by atoms with Crippen molar-refractivity contribution in [3.63, 3.8) is 0 Å². The van der Waals surface area contributed by atoms with Gasteiger partial charge in [-0.15, -0.1) is 0 Å². The fourth-order valence-corrected chi connectivity index (χ4v) is 0.638. The molecule has 2 heteroatoms.